The third-order valence-electron chi connectivity index (χ3n) is 3.16. The Hall–Kier alpha value is -2.58. The molecule has 0 heterocycles. The molecule has 2 aromatic rings. The van der Waals surface area contributed by atoms with Crippen LogP contribution in [0.5, 0.6) is 5.75 Å². The second-order valence-corrected chi connectivity index (χ2v) is 4.99. The first-order valence-electron chi connectivity index (χ1n) is 6.66. The lowest BCUT2D eigenvalue weighted by Crippen LogP contribution is -2.12. The molecule has 25 heavy (non-hydrogen) atoms. The smallest absolute Gasteiger partial charge is 0.416 e. The Balaban J connectivity index is 2.33. The molecule has 0 saturated carbocycles. The zero-order valence-corrected chi connectivity index (χ0v) is 12.2. The van der Waals surface area contributed by atoms with Gasteiger partial charge in [0.1, 0.15) is 24.5 Å². The fourth-order valence-electron chi connectivity index (χ4n) is 2.06. The normalized spacial score (nSPS) is 12.1. The number of hydrogen-bond acceptors (Lipinski definition) is 2. The first-order chi connectivity index (χ1) is 11.5. The topological polar surface area (TPSA) is 26.3 Å². The summed E-state index contributed by atoms with van der Waals surface area (Å²) in [5, 5.41) is 0. The minimum atomic E-state index is -4.78. The second kappa shape index (κ2) is 6.73. The molecule has 0 aromatic heterocycles. The van der Waals surface area contributed by atoms with E-state index in [0.29, 0.717) is 30.3 Å². The van der Waals surface area contributed by atoms with E-state index < -0.39 is 47.2 Å². The largest absolute Gasteiger partial charge is 0.489 e. The van der Waals surface area contributed by atoms with Crippen molar-refractivity contribution in [3.63, 3.8) is 0 Å². The van der Waals surface area contributed by atoms with Crippen molar-refractivity contribution in [1.82, 2.24) is 0 Å². The summed E-state index contributed by atoms with van der Waals surface area (Å²) < 4.78 is 95.0. The molecule has 0 fully saturated rings. The van der Waals surface area contributed by atoms with Crippen LogP contribution in [0.1, 0.15) is 27.0 Å². The van der Waals surface area contributed by atoms with Gasteiger partial charge in [0.25, 0.3) is 0 Å². The number of hydrogen-bond donors (Lipinski definition) is 0. The van der Waals surface area contributed by atoms with Gasteiger partial charge in [0, 0.05) is 11.1 Å². The van der Waals surface area contributed by atoms with Crippen molar-refractivity contribution in [2.45, 2.75) is 19.0 Å². The van der Waals surface area contributed by atoms with Gasteiger partial charge in [-0.2, -0.15) is 26.3 Å². The summed E-state index contributed by atoms with van der Waals surface area (Å²) in [5.41, 5.74) is -3.31. The summed E-state index contributed by atoms with van der Waals surface area (Å²) in [5.74, 6) is -1.42. The van der Waals surface area contributed by atoms with Crippen molar-refractivity contribution < 1.29 is 40.3 Å². The highest BCUT2D eigenvalue weighted by molar-refractivity contribution is 5.76. The molecule has 2 rings (SSSR count). The van der Waals surface area contributed by atoms with E-state index in [-0.39, 0.29) is 11.8 Å². The van der Waals surface area contributed by atoms with Crippen LogP contribution in [0.15, 0.2) is 36.4 Å². The van der Waals surface area contributed by atoms with Gasteiger partial charge in [0.15, 0.2) is 0 Å². The summed E-state index contributed by atoms with van der Waals surface area (Å²) in [6.45, 7) is -0.827. The van der Waals surface area contributed by atoms with Gasteiger partial charge in [-0.1, -0.05) is 0 Å². The molecule has 0 saturated heterocycles. The quantitative estimate of drug-likeness (QED) is 0.545. The minimum Gasteiger partial charge on any atom is -0.489 e. The van der Waals surface area contributed by atoms with E-state index >= 15 is 0 Å². The molecule has 0 aliphatic carbocycles. The first-order valence-corrected chi connectivity index (χ1v) is 6.66. The number of aldehydes is 1. The van der Waals surface area contributed by atoms with Crippen molar-refractivity contribution in [2.75, 3.05) is 0 Å². The average Bonchev–Trinajstić information content (AvgIpc) is 2.50. The van der Waals surface area contributed by atoms with E-state index in [1.165, 1.54) is 0 Å². The summed E-state index contributed by atoms with van der Waals surface area (Å²) in [6.07, 6.45) is -9.41. The summed E-state index contributed by atoms with van der Waals surface area (Å²) in [7, 11) is 0. The number of carbonyl (C=O) groups is 1. The molecule has 0 N–H and O–H groups in total. The van der Waals surface area contributed by atoms with Gasteiger partial charge >= 0.3 is 12.4 Å². The predicted octanol–water partition coefficient (Wildman–Crippen LogP) is 5.25. The Bertz CT molecular complexity index is 779. The molecule has 0 aliphatic rings. The van der Waals surface area contributed by atoms with Crippen molar-refractivity contribution in [3.05, 3.63) is 64.5 Å². The van der Waals surface area contributed by atoms with E-state index in [0.717, 1.165) is 6.07 Å². The van der Waals surface area contributed by atoms with E-state index in [2.05, 4.69) is 0 Å². The number of carbonyl (C=O) groups excluding carboxylic acids is 1. The van der Waals surface area contributed by atoms with Crippen molar-refractivity contribution in [2.24, 2.45) is 0 Å². The van der Waals surface area contributed by atoms with E-state index in [1.54, 1.807) is 0 Å². The fourth-order valence-corrected chi connectivity index (χ4v) is 2.06. The fraction of sp³-hybridized carbons (Fsp3) is 0.188. The van der Waals surface area contributed by atoms with Crippen LogP contribution in [-0.2, 0) is 19.0 Å². The van der Waals surface area contributed by atoms with Gasteiger partial charge in [0.2, 0.25) is 0 Å². The van der Waals surface area contributed by atoms with Crippen LogP contribution in [0.4, 0.5) is 30.7 Å². The molecule has 0 unspecified atom stereocenters. The van der Waals surface area contributed by atoms with E-state index in [4.69, 9.17) is 4.74 Å². The van der Waals surface area contributed by atoms with E-state index in [1.807, 2.05) is 0 Å². The van der Waals surface area contributed by atoms with Crippen molar-refractivity contribution in [3.8, 4) is 5.75 Å². The number of benzene rings is 2. The molecule has 134 valence electrons. The first kappa shape index (κ1) is 18.8. The summed E-state index contributed by atoms with van der Waals surface area (Å²) in [6, 6.07) is 3.76. The van der Waals surface area contributed by atoms with Gasteiger partial charge in [-0.15, -0.1) is 0 Å². The highest BCUT2D eigenvalue weighted by Gasteiger charge is 2.34. The van der Waals surface area contributed by atoms with Crippen LogP contribution >= 0.6 is 0 Å². The van der Waals surface area contributed by atoms with Gasteiger partial charge in [-0.25, -0.2) is 4.39 Å². The monoisotopic (exact) mass is 366 g/mol. The highest BCUT2D eigenvalue weighted by atomic mass is 19.4. The molecule has 9 heteroatoms. The molecule has 0 amide bonds. The molecule has 0 atom stereocenters. The van der Waals surface area contributed by atoms with Crippen LogP contribution in [-0.4, -0.2) is 6.29 Å². The predicted molar refractivity (Wildman–Crippen MR) is 72.6 cm³/mol. The molecule has 0 radical (unpaired) electrons. The van der Waals surface area contributed by atoms with Crippen LogP contribution < -0.4 is 4.74 Å². The zero-order chi connectivity index (χ0) is 18.8. The Labute approximate surface area is 136 Å². The minimum absolute atomic E-state index is 0.144. The molecular weight excluding hydrogens is 357 g/mol. The van der Waals surface area contributed by atoms with Gasteiger partial charge in [-0.05, 0) is 36.4 Å². The lowest BCUT2D eigenvalue weighted by molar-refractivity contribution is -0.138. The van der Waals surface area contributed by atoms with Crippen LogP contribution in [0.25, 0.3) is 0 Å². The number of ether oxygens (including phenoxy) is 1. The van der Waals surface area contributed by atoms with Gasteiger partial charge in [-0.3, -0.25) is 4.79 Å². The third-order valence-corrected chi connectivity index (χ3v) is 3.16. The highest BCUT2D eigenvalue weighted by Crippen LogP contribution is 2.34. The molecule has 2 nitrogen and oxygen atoms in total. The Kier molecular flexibility index (Phi) is 5.05. The Morgan fingerprint density at radius 3 is 2.16 bits per heavy atom. The molecular formula is C16H9F7O2. The van der Waals surface area contributed by atoms with Crippen molar-refractivity contribution in [1.29, 1.82) is 0 Å². The zero-order valence-electron chi connectivity index (χ0n) is 12.2. The Morgan fingerprint density at radius 1 is 0.920 bits per heavy atom. The number of halogens is 7. The molecule has 2 aromatic carbocycles. The van der Waals surface area contributed by atoms with Gasteiger partial charge in [0.05, 0.1) is 11.1 Å². The van der Waals surface area contributed by atoms with Crippen LogP contribution in [0.2, 0.25) is 0 Å². The standard InChI is InChI=1S/C16H9F7O2/c17-12-1-2-14(16(21,22)23)10(5-12)8-25-13-4-9(7-24)3-11(6-13)15(18,19)20/h1-7H,8H2. The third kappa shape index (κ3) is 4.71. The van der Waals surface area contributed by atoms with Crippen LogP contribution in [0, 0.1) is 5.82 Å². The summed E-state index contributed by atoms with van der Waals surface area (Å²) in [4.78, 5) is 10.7. The molecule has 0 aliphatic heterocycles. The average molecular weight is 366 g/mol. The van der Waals surface area contributed by atoms with Gasteiger partial charge < -0.3 is 4.74 Å². The summed E-state index contributed by atoms with van der Waals surface area (Å²) >= 11 is 0. The number of rotatable bonds is 4. The van der Waals surface area contributed by atoms with Crippen molar-refractivity contribution >= 4 is 6.29 Å². The maximum Gasteiger partial charge on any atom is 0.416 e. The second-order valence-electron chi connectivity index (χ2n) is 4.99. The Morgan fingerprint density at radius 2 is 1.60 bits per heavy atom. The number of alkyl halides is 6. The lowest BCUT2D eigenvalue weighted by atomic mass is 10.1. The molecule has 0 spiro atoms. The maximum absolute atomic E-state index is 13.2. The maximum atomic E-state index is 13.2. The molecule has 0 bridgehead atoms. The lowest BCUT2D eigenvalue weighted by Gasteiger charge is -2.15. The van der Waals surface area contributed by atoms with E-state index in [9.17, 15) is 35.5 Å². The van der Waals surface area contributed by atoms with Crippen LogP contribution in [0.3, 0.4) is 0 Å². The SMILES string of the molecule is O=Cc1cc(OCc2cc(F)ccc2C(F)(F)F)cc(C(F)(F)F)c1.